The molecule has 0 spiro atoms. The minimum Gasteiger partial charge on any atom is -0.494 e. The number of benzene rings is 2. The Morgan fingerprint density at radius 2 is 1.95 bits per heavy atom. The molecule has 0 saturated carbocycles. The predicted octanol–water partition coefficient (Wildman–Crippen LogP) is 3.46. The second kappa shape index (κ2) is 6.53. The highest BCUT2D eigenvalue weighted by Crippen LogP contribution is 2.25. The first-order valence-electron chi connectivity index (χ1n) is 6.64. The summed E-state index contributed by atoms with van der Waals surface area (Å²) < 4.78 is 18.6. The maximum absolute atomic E-state index is 13.7. The Morgan fingerprint density at radius 1 is 1.20 bits per heavy atom. The predicted molar refractivity (Wildman–Crippen MR) is 77.7 cm³/mol. The fourth-order valence-corrected chi connectivity index (χ4v) is 2.44. The molecule has 0 radical (unpaired) electrons. The van der Waals surface area contributed by atoms with E-state index in [4.69, 9.17) is 4.74 Å². The van der Waals surface area contributed by atoms with E-state index in [1.165, 1.54) is 13.2 Å². The Morgan fingerprint density at radius 3 is 2.55 bits per heavy atom. The lowest BCUT2D eigenvalue weighted by molar-refractivity contribution is 0.264. The number of ether oxygens (including phenoxy) is 1. The van der Waals surface area contributed by atoms with Gasteiger partial charge in [0.1, 0.15) is 0 Å². The lowest BCUT2D eigenvalue weighted by atomic mass is 9.90. The molecule has 0 aliphatic rings. The molecule has 0 bridgehead atoms. The zero-order chi connectivity index (χ0) is 14.5. The molecule has 0 aliphatic carbocycles. The van der Waals surface area contributed by atoms with Crippen LogP contribution in [0.4, 0.5) is 4.39 Å². The van der Waals surface area contributed by atoms with E-state index in [9.17, 15) is 9.50 Å². The zero-order valence-electron chi connectivity index (χ0n) is 11.8. The lowest BCUT2D eigenvalue weighted by Crippen LogP contribution is -2.09. The van der Waals surface area contributed by atoms with Crippen LogP contribution in [0.15, 0.2) is 42.5 Å². The Kier molecular flexibility index (Phi) is 4.74. The third-order valence-corrected chi connectivity index (χ3v) is 3.55. The van der Waals surface area contributed by atoms with Crippen LogP contribution >= 0.6 is 0 Å². The number of methoxy groups -OCH3 is 1. The first-order valence-corrected chi connectivity index (χ1v) is 6.64. The molecule has 1 unspecified atom stereocenters. The highest BCUT2D eigenvalue weighted by molar-refractivity contribution is 5.33. The summed E-state index contributed by atoms with van der Waals surface area (Å²) in [5.41, 5.74) is 3.09. The summed E-state index contributed by atoms with van der Waals surface area (Å²) in [6.07, 6.45) is 0.599. The van der Waals surface area contributed by atoms with Crippen LogP contribution < -0.4 is 4.74 Å². The molecule has 1 N–H and O–H groups in total. The summed E-state index contributed by atoms with van der Waals surface area (Å²) in [4.78, 5) is 0. The number of aliphatic hydroxyl groups is 1. The molecule has 0 fully saturated rings. The third kappa shape index (κ3) is 3.17. The minimum atomic E-state index is -0.369. The summed E-state index contributed by atoms with van der Waals surface area (Å²) in [6.45, 7) is 2.06. The average Bonchev–Trinajstić information content (AvgIpc) is 2.46. The first kappa shape index (κ1) is 14.5. The maximum atomic E-state index is 13.7. The van der Waals surface area contributed by atoms with Crippen molar-refractivity contribution in [2.75, 3.05) is 13.7 Å². The van der Waals surface area contributed by atoms with Gasteiger partial charge in [0.2, 0.25) is 0 Å². The highest BCUT2D eigenvalue weighted by atomic mass is 19.1. The Labute approximate surface area is 118 Å². The van der Waals surface area contributed by atoms with Crippen LogP contribution in [0.25, 0.3) is 0 Å². The summed E-state index contributed by atoms with van der Waals surface area (Å²) >= 11 is 0. The number of rotatable bonds is 5. The summed E-state index contributed by atoms with van der Waals surface area (Å²) in [7, 11) is 1.45. The summed E-state index contributed by atoms with van der Waals surface area (Å²) in [5, 5.41) is 9.62. The van der Waals surface area contributed by atoms with E-state index < -0.39 is 0 Å². The Balaban J connectivity index is 2.23. The van der Waals surface area contributed by atoms with Gasteiger partial charge in [0.25, 0.3) is 0 Å². The van der Waals surface area contributed by atoms with E-state index in [0.717, 1.165) is 16.7 Å². The van der Waals surface area contributed by atoms with Crippen molar-refractivity contribution in [2.24, 2.45) is 0 Å². The summed E-state index contributed by atoms with van der Waals surface area (Å²) in [5.74, 6) is -0.152. The van der Waals surface area contributed by atoms with E-state index in [0.29, 0.717) is 6.42 Å². The van der Waals surface area contributed by atoms with Crippen molar-refractivity contribution < 1.29 is 14.2 Å². The fourth-order valence-electron chi connectivity index (χ4n) is 2.44. The van der Waals surface area contributed by atoms with E-state index in [1.54, 1.807) is 6.07 Å². The van der Waals surface area contributed by atoms with Crippen molar-refractivity contribution in [2.45, 2.75) is 19.3 Å². The quantitative estimate of drug-likeness (QED) is 0.904. The molecular weight excluding hydrogens is 255 g/mol. The van der Waals surface area contributed by atoms with Crippen molar-refractivity contribution in [3.05, 3.63) is 65.0 Å². The standard InChI is InChI=1S/C17H19FO2/c1-12-5-3-4-6-15(12)14(11-19)9-13-7-8-17(20-2)16(18)10-13/h3-8,10,14,19H,9,11H2,1-2H3. The number of aliphatic hydroxyl groups excluding tert-OH is 1. The van der Waals surface area contributed by atoms with Crippen LogP contribution in [0.3, 0.4) is 0 Å². The van der Waals surface area contributed by atoms with Crippen molar-refractivity contribution in [3.63, 3.8) is 0 Å². The minimum absolute atomic E-state index is 0.0241. The van der Waals surface area contributed by atoms with E-state index in [1.807, 2.05) is 37.3 Å². The lowest BCUT2D eigenvalue weighted by Gasteiger charge is -2.17. The smallest absolute Gasteiger partial charge is 0.165 e. The van der Waals surface area contributed by atoms with E-state index in [-0.39, 0.29) is 24.1 Å². The molecule has 0 heterocycles. The zero-order valence-corrected chi connectivity index (χ0v) is 11.8. The SMILES string of the molecule is COc1ccc(CC(CO)c2ccccc2C)cc1F. The maximum Gasteiger partial charge on any atom is 0.165 e. The largest absolute Gasteiger partial charge is 0.494 e. The van der Waals surface area contributed by atoms with Crippen molar-refractivity contribution in [3.8, 4) is 5.75 Å². The van der Waals surface area contributed by atoms with Gasteiger partial charge < -0.3 is 9.84 Å². The van der Waals surface area contributed by atoms with Gasteiger partial charge in [0.05, 0.1) is 13.7 Å². The van der Waals surface area contributed by atoms with Crippen molar-refractivity contribution in [1.29, 1.82) is 0 Å². The molecule has 106 valence electrons. The van der Waals surface area contributed by atoms with Crippen LogP contribution in [0.2, 0.25) is 0 Å². The highest BCUT2D eigenvalue weighted by Gasteiger charge is 2.14. The van der Waals surface area contributed by atoms with E-state index >= 15 is 0 Å². The van der Waals surface area contributed by atoms with Gasteiger partial charge in [-0.25, -0.2) is 4.39 Å². The number of aryl methyl sites for hydroxylation is 1. The molecule has 2 rings (SSSR count). The third-order valence-electron chi connectivity index (χ3n) is 3.55. The van der Waals surface area contributed by atoms with Gasteiger partial charge in [-0.3, -0.25) is 0 Å². The van der Waals surface area contributed by atoms with Crippen LogP contribution in [0.5, 0.6) is 5.75 Å². The molecule has 2 nitrogen and oxygen atoms in total. The van der Waals surface area contributed by atoms with Crippen LogP contribution in [-0.2, 0) is 6.42 Å². The molecule has 20 heavy (non-hydrogen) atoms. The second-order valence-corrected chi connectivity index (χ2v) is 4.91. The first-order chi connectivity index (χ1) is 9.65. The fraction of sp³-hybridized carbons (Fsp3) is 0.294. The van der Waals surface area contributed by atoms with Gasteiger partial charge in [-0.2, -0.15) is 0 Å². The van der Waals surface area contributed by atoms with Crippen molar-refractivity contribution in [1.82, 2.24) is 0 Å². The van der Waals surface area contributed by atoms with Crippen LogP contribution in [-0.4, -0.2) is 18.8 Å². The molecule has 0 aliphatic heterocycles. The van der Waals surface area contributed by atoms with Gasteiger partial charge in [-0.1, -0.05) is 30.3 Å². The van der Waals surface area contributed by atoms with Gasteiger partial charge in [-0.15, -0.1) is 0 Å². The van der Waals surface area contributed by atoms with Gasteiger partial charge in [0.15, 0.2) is 11.6 Å². The molecule has 2 aromatic carbocycles. The van der Waals surface area contributed by atoms with E-state index in [2.05, 4.69) is 0 Å². The second-order valence-electron chi connectivity index (χ2n) is 4.91. The van der Waals surface area contributed by atoms with Crippen LogP contribution in [0, 0.1) is 12.7 Å². The van der Waals surface area contributed by atoms with Gasteiger partial charge in [-0.05, 0) is 42.2 Å². The Bertz CT molecular complexity index is 581. The summed E-state index contributed by atoms with van der Waals surface area (Å²) in [6, 6.07) is 12.9. The number of halogens is 1. The molecule has 0 aromatic heterocycles. The molecule has 0 amide bonds. The molecule has 0 saturated heterocycles. The molecule has 3 heteroatoms. The molecule has 2 aromatic rings. The molecular formula is C17H19FO2. The van der Waals surface area contributed by atoms with Gasteiger partial charge >= 0.3 is 0 Å². The molecule has 1 atom stereocenters. The Hall–Kier alpha value is -1.87. The van der Waals surface area contributed by atoms with Crippen LogP contribution in [0.1, 0.15) is 22.6 Å². The average molecular weight is 274 g/mol. The number of hydrogen-bond acceptors (Lipinski definition) is 2. The topological polar surface area (TPSA) is 29.5 Å². The monoisotopic (exact) mass is 274 g/mol. The number of hydrogen-bond donors (Lipinski definition) is 1. The normalized spacial score (nSPS) is 12.2. The van der Waals surface area contributed by atoms with Crippen molar-refractivity contribution >= 4 is 0 Å². The van der Waals surface area contributed by atoms with Gasteiger partial charge in [0, 0.05) is 5.92 Å².